The average Bonchev–Trinajstić information content (AvgIpc) is 3.03. The number of benzene rings is 1. The van der Waals surface area contributed by atoms with Crippen LogP contribution in [0.1, 0.15) is 32.9 Å². The largest absolute Gasteiger partial charge is 0.493 e. The highest BCUT2D eigenvalue weighted by Gasteiger charge is 2.15. The molecule has 0 unspecified atom stereocenters. The summed E-state index contributed by atoms with van der Waals surface area (Å²) in [5, 5.41) is 4.28. The fourth-order valence-corrected chi connectivity index (χ4v) is 2.61. The number of esters is 1. The zero-order chi connectivity index (χ0) is 20.1. The van der Waals surface area contributed by atoms with E-state index < -0.39 is 5.97 Å². The number of ether oxygens (including phenoxy) is 3. The van der Waals surface area contributed by atoms with Crippen molar-refractivity contribution in [2.75, 3.05) is 7.11 Å². The molecule has 3 aromatic rings. The van der Waals surface area contributed by atoms with E-state index in [-0.39, 0.29) is 13.2 Å². The Morgan fingerprint density at radius 3 is 2.61 bits per heavy atom. The molecule has 0 spiro atoms. The summed E-state index contributed by atoms with van der Waals surface area (Å²) in [6, 6.07) is 8.24. The fraction of sp³-hybridized carbons (Fsp3) is 0.250. The molecule has 7 nitrogen and oxygen atoms in total. The Labute approximate surface area is 167 Å². The third-order valence-electron chi connectivity index (χ3n) is 4.11. The van der Waals surface area contributed by atoms with Crippen molar-refractivity contribution in [2.45, 2.75) is 27.1 Å². The molecule has 0 aliphatic heterocycles. The van der Waals surface area contributed by atoms with Crippen LogP contribution in [0.4, 0.5) is 0 Å². The minimum atomic E-state index is -0.481. The Kier molecular flexibility index (Phi) is 6.16. The Bertz CT molecular complexity index is 950. The Morgan fingerprint density at radius 2 is 1.96 bits per heavy atom. The summed E-state index contributed by atoms with van der Waals surface area (Å²) < 4.78 is 21.6. The van der Waals surface area contributed by atoms with Gasteiger partial charge in [0.05, 0.1) is 23.9 Å². The standard InChI is InChI=1S/C20H19ClN2O5/c1-12-16(13(2)28-23-12)11-26-17-6-5-15(8-18(17)25-3)20(24)27-10-14-4-7-19(21)22-9-14/h4-9H,10-11H2,1-3H3. The molecule has 28 heavy (non-hydrogen) atoms. The Hall–Kier alpha value is -3.06. The number of aryl methyl sites for hydroxylation is 2. The number of halogens is 1. The van der Waals surface area contributed by atoms with Crippen molar-refractivity contribution < 1.29 is 23.5 Å². The summed E-state index contributed by atoms with van der Waals surface area (Å²) >= 11 is 5.74. The first-order chi connectivity index (χ1) is 13.5. The molecular weight excluding hydrogens is 384 g/mol. The van der Waals surface area contributed by atoms with Crippen LogP contribution in [0.3, 0.4) is 0 Å². The number of pyridine rings is 1. The second-order valence-corrected chi connectivity index (χ2v) is 6.41. The second-order valence-electron chi connectivity index (χ2n) is 6.02. The van der Waals surface area contributed by atoms with Gasteiger partial charge >= 0.3 is 5.97 Å². The lowest BCUT2D eigenvalue weighted by atomic mass is 10.2. The number of carbonyl (C=O) groups is 1. The maximum Gasteiger partial charge on any atom is 0.338 e. The third-order valence-corrected chi connectivity index (χ3v) is 4.33. The molecule has 0 aliphatic carbocycles. The fourth-order valence-electron chi connectivity index (χ4n) is 2.50. The molecule has 8 heteroatoms. The van der Waals surface area contributed by atoms with Crippen LogP contribution in [0.5, 0.6) is 11.5 Å². The summed E-state index contributed by atoms with van der Waals surface area (Å²) in [7, 11) is 1.51. The summed E-state index contributed by atoms with van der Waals surface area (Å²) in [5.74, 6) is 1.15. The van der Waals surface area contributed by atoms with Crippen LogP contribution >= 0.6 is 11.6 Å². The molecule has 1 aromatic carbocycles. The van der Waals surface area contributed by atoms with Crippen LogP contribution in [0.2, 0.25) is 5.15 Å². The third kappa shape index (κ3) is 4.61. The molecule has 3 rings (SSSR count). The van der Waals surface area contributed by atoms with Crippen LogP contribution in [-0.4, -0.2) is 23.2 Å². The van der Waals surface area contributed by atoms with Crippen LogP contribution in [0.15, 0.2) is 41.1 Å². The van der Waals surface area contributed by atoms with E-state index in [0.29, 0.717) is 28.0 Å². The Balaban J connectivity index is 1.66. The van der Waals surface area contributed by atoms with E-state index >= 15 is 0 Å². The number of hydrogen-bond donors (Lipinski definition) is 0. The van der Waals surface area contributed by atoms with Crippen LogP contribution in [0.25, 0.3) is 0 Å². The lowest BCUT2D eigenvalue weighted by molar-refractivity contribution is 0.0472. The molecule has 146 valence electrons. The minimum absolute atomic E-state index is 0.0929. The summed E-state index contributed by atoms with van der Waals surface area (Å²) in [6.07, 6.45) is 1.56. The van der Waals surface area contributed by atoms with Gasteiger partial charge in [-0.15, -0.1) is 0 Å². The molecule has 0 saturated heterocycles. The molecule has 0 fully saturated rings. The smallest absolute Gasteiger partial charge is 0.338 e. The average molecular weight is 403 g/mol. The SMILES string of the molecule is COc1cc(C(=O)OCc2ccc(Cl)nc2)ccc1OCc1c(C)noc1C. The van der Waals surface area contributed by atoms with E-state index in [0.717, 1.165) is 16.8 Å². The Morgan fingerprint density at radius 1 is 1.14 bits per heavy atom. The molecule has 0 saturated carbocycles. The van der Waals surface area contributed by atoms with Gasteiger partial charge in [-0.25, -0.2) is 9.78 Å². The lowest BCUT2D eigenvalue weighted by Crippen LogP contribution is -2.06. The van der Waals surface area contributed by atoms with Gasteiger partial charge in [0, 0.05) is 11.8 Å². The van der Waals surface area contributed by atoms with Gasteiger partial charge in [-0.1, -0.05) is 22.8 Å². The molecule has 0 atom stereocenters. The van der Waals surface area contributed by atoms with E-state index in [2.05, 4.69) is 10.1 Å². The quantitative estimate of drug-likeness (QED) is 0.430. The highest BCUT2D eigenvalue weighted by Crippen LogP contribution is 2.30. The molecule has 0 N–H and O–H groups in total. The molecule has 0 amide bonds. The van der Waals surface area contributed by atoms with Gasteiger partial charge < -0.3 is 18.7 Å². The maximum atomic E-state index is 12.3. The van der Waals surface area contributed by atoms with Gasteiger partial charge in [0.1, 0.15) is 24.1 Å². The van der Waals surface area contributed by atoms with Crippen molar-refractivity contribution >= 4 is 17.6 Å². The molecule has 2 aromatic heterocycles. The molecule has 0 bridgehead atoms. The van der Waals surface area contributed by atoms with Crippen molar-refractivity contribution in [1.82, 2.24) is 10.1 Å². The van der Waals surface area contributed by atoms with Gasteiger partial charge in [-0.2, -0.15) is 0 Å². The van der Waals surface area contributed by atoms with Gasteiger partial charge in [-0.05, 0) is 38.1 Å². The molecule has 0 radical (unpaired) electrons. The van der Waals surface area contributed by atoms with E-state index in [9.17, 15) is 4.79 Å². The first-order valence-corrected chi connectivity index (χ1v) is 8.86. The highest BCUT2D eigenvalue weighted by molar-refractivity contribution is 6.29. The number of nitrogens with zero attached hydrogens (tertiary/aromatic N) is 2. The van der Waals surface area contributed by atoms with Gasteiger partial charge in [0.2, 0.25) is 0 Å². The maximum absolute atomic E-state index is 12.3. The van der Waals surface area contributed by atoms with Crippen LogP contribution in [0, 0.1) is 13.8 Å². The number of hydrogen-bond acceptors (Lipinski definition) is 7. The topological polar surface area (TPSA) is 83.7 Å². The highest BCUT2D eigenvalue weighted by atomic mass is 35.5. The first-order valence-electron chi connectivity index (χ1n) is 8.48. The molecular formula is C20H19ClN2O5. The van der Waals surface area contributed by atoms with Crippen molar-refractivity contribution in [3.63, 3.8) is 0 Å². The predicted molar refractivity (Wildman–Crippen MR) is 102 cm³/mol. The van der Waals surface area contributed by atoms with E-state index in [1.54, 1.807) is 36.5 Å². The predicted octanol–water partition coefficient (Wildman–Crippen LogP) is 4.28. The van der Waals surface area contributed by atoms with Crippen molar-refractivity contribution in [2.24, 2.45) is 0 Å². The van der Waals surface area contributed by atoms with E-state index in [1.165, 1.54) is 7.11 Å². The number of rotatable bonds is 7. The molecule has 2 heterocycles. The number of methoxy groups -OCH3 is 1. The number of aromatic nitrogens is 2. The zero-order valence-corrected chi connectivity index (χ0v) is 16.4. The second kappa shape index (κ2) is 8.75. The van der Waals surface area contributed by atoms with Gasteiger partial charge in [-0.3, -0.25) is 0 Å². The van der Waals surface area contributed by atoms with E-state index in [4.69, 9.17) is 30.3 Å². The summed E-state index contributed by atoms with van der Waals surface area (Å²) in [6.45, 7) is 4.05. The zero-order valence-electron chi connectivity index (χ0n) is 15.7. The minimum Gasteiger partial charge on any atom is -0.493 e. The van der Waals surface area contributed by atoms with Crippen molar-refractivity contribution in [1.29, 1.82) is 0 Å². The lowest BCUT2D eigenvalue weighted by Gasteiger charge is -2.12. The number of carbonyl (C=O) groups excluding carboxylic acids is 1. The summed E-state index contributed by atoms with van der Waals surface area (Å²) in [4.78, 5) is 16.3. The van der Waals surface area contributed by atoms with Gasteiger partial charge in [0.15, 0.2) is 11.5 Å². The van der Waals surface area contributed by atoms with Crippen molar-refractivity contribution in [3.05, 3.63) is 69.8 Å². The van der Waals surface area contributed by atoms with E-state index in [1.807, 2.05) is 13.8 Å². The van der Waals surface area contributed by atoms with Crippen molar-refractivity contribution in [3.8, 4) is 11.5 Å². The summed E-state index contributed by atoms with van der Waals surface area (Å²) in [5.41, 5.74) is 2.74. The normalized spacial score (nSPS) is 10.6. The van der Waals surface area contributed by atoms with Gasteiger partial charge in [0.25, 0.3) is 0 Å². The van der Waals surface area contributed by atoms with Crippen LogP contribution in [-0.2, 0) is 18.0 Å². The van der Waals surface area contributed by atoms with Crippen LogP contribution < -0.4 is 9.47 Å². The first kappa shape index (κ1) is 19.7. The molecule has 0 aliphatic rings. The monoisotopic (exact) mass is 402 g/mol.